The first kappa shape index (κ1) is 29.7. The molecule has 0 radical (unpaired) electrons. The molecule has 0 saturated carbocycles. The van der Waals surface area contributed by atoms with Gasteiger partial charge in [0.15, 0.2) is 0 Å². The molecule has 5 rings (SSSR count). The number of aryl methyl sites for hydroxylation is 1. The Morgan fingerprint density at radius 2 is 1.79 bits per heavy atom. The molecule has 0 spiro atoms. The van der Waals surface area contributed by atoms with E-state index in [4.69, 9.17) is 0 Å². The Labute approximate surface area is 244 Å². The van der Waals surface area contributed by atoms with Crippen molar-refractivity contribution >= 4 is 60.7 Å². The summed E-state index contributed by atoms with van der Waals surface area (Å²) in [5.74, 6) is 0.0118. The second-order valence-corrected chi connectivity index (χ2v) is 12.7. The molecular formula is C27H28F3N7O3S2. The molecule has 10 nitrogen and oxygen atoms in total. The van der Waals surface area contributed by atoms with Crippen LogP contribution in [0.25, 0.3) is 11.0 Å². The molecule has 0 aliphatic carbocycles. The normalized spacial score (nSPS) is 15.0. The molecule has 0 atom stereocenters. The number of para-hydroxylation sites is 2. The zero-order chi connectivity index (χ0) is 29.9. The number of piperidine rings is 1. The maximum absolute atomic E-state index is 13.3. The summed E-state index contributed by atoms with van der Waals surface area (Å²) in [6.45, 7) is 2.11. The standard InChI is InChI=1S/C27H28F3N7O3S2/c1-17-24(26(41-35-17)34-23-16-31-21-7-2-3-8-22(21)33-23)25(38)32-18-5-4-6-19(15-18)36-42(39,40)20-9-12-37(13-10-20)14-11-27(28,29)30/h2-8,15-16,20,36H,9-14H2,1H3,(H,32,38)(H,33,34). The number of carbonyl (C=O) groups excluding carboxylic acids is 1. The van der Waals surface area contributed by atoms with Crippen LogP contribution in [0.1, 0.15) is 35.3 Å². The highest BCUT2D eigenvalue weighted by atomic mass is 32.2. The van der Waals surface area contributed by atoms with E-state index >= 15 is 0 Å². The average molecular weight is 620 g/mol. The Morgan fingerprint density at radius 3 is 2.52 bits per heavy atom. The van der Waals surface area contributed by atoms with Gasteiger partial charge in [0.2, 0.25) is 10.0 Å². The Hall–Kier alpha value is -3.82. The average Bonchev–Trinajstić information content (AvgIpc) is 3.31. The van der Waals surface area contributed by atoms with Crippen LogP contribution in [0.15, 0.2) is 54.7 Å². The van der Waals surface area contributed by atoms with Gasteiger partial charge >= 0.3 is 6.18 Å². The Balaban J connectivity index is 1.22. The topological polar surface area (TPSA) is 129 Å². The Kier molecular flexibility index (Phi) is 8.61. The van der Waals surface area contributed by atoms with E-state index in [0.717, 1.165) is 17.0 Å². The lowest BCUT2D eigenvalue weighted by Crippen LogP contribution is -2.42. The van der Waals surface area contributed by atoms with Crippen LogP contribution in [0.4, 0.5) is 35.4 Å². The molecule has 2 aromatic heterocycles. The molecule has 1 fully saturated rings. The fourth-order valence-electron chi connectivity index (χ4n) is 4.69. The van der Waals surface area contributed by atoms with Crippen molar-refractivity contribution in [2.45, 2.75) is 37.6 Å². The van der Waals surface area contributed by atoms with Crippen molar-refractivity contribution in [2.24, 2.45) is 0 Å². The van der Waals surface area contributed by atoms with E-state index < -0.39 is 33.8 Å². The summed E-state index contributed by atoms with van der Waals surface area (Å²) in [4.78, 5) is 23.8. The number of aromatic nitrogens is 3. The highest BCUT2D eigenvalue weighted by Gasteiger charge is 2.33. The molecule has 15 heteroatoms. The van der Waals surface area contributed by atoms with Gasteiger partial charge in [-0.2, -0.15) is 17.5 Å². The van der Waals surface area contributed by atoms with Gasteiger partial charge in [0, 0.05) is 12.2 Å². The number of amides is 1. The summed E-state index contributed by atoms with van der Waals surface area (Å²) in [6.07, 6.45) is -3.14. The minimum Gasteiger partial charge on any atom is -0.329 e. The summed E-state index contributed by atoms with van der Waals surface area (Å²) in [7, 11) is -3.80. The van der Waals surface area contributed by atoms with Crippen molar-refractivity contribution in [2.75, 3.05) is 35.0 Å². The molecule has 2 aromatic carbocycles. The van der Waals surface area contributed by atoms with E-state index in [1.807, 2.05) is 24.3 Å². The summed E-state index contributed by atoms with van der Waals surface area (Å²) in [5, 5.41) is 5.66. The van der Waals surface area contributed by atoms with Crippen LogP contribution in [-0.4, -0.2) is 64.6 Å². The number of fused-ring (bicyclic) bond motifs is 1. The molecular weight excluding hydrogens is 591 g/mol. The number of rotatable bonds is 9. The van der Waals surface area contributed by atoms with Crippen molar-refractivity contribution in [1.82, 2.24) is 19.2 Å². The Bertz CT molecular complexity index is 1690. The summed E-state index contributed by atoms with van der Waals surface area (Å²) in [5.41, 5.74) is 2.89. The van der Waals surface area contributed by atoms with Crippen LogP contribution >= 0.6 is 11.5 Å². The molecule has 1 aliphatic rings. The summed E-state index contributed by atoms with van der Waals surface area (Å²) in [6, 6.07) is 13.7. The zero-order valence-corrected chi connectivity index (χ0v) is 24.1. The quantitative estimate of drug-likeness (QED) is 0.223. The van der Waals surface area contributed by atoms with E-state index in [2.05, 4.69) is 29.7 Å². The predicted molar refractivity (Wildman–Crippen MR) is 157 cm³/mol. The van der Waals surface area contributed by atoms with Crippen molar-refractivity contribution in [3.05, 3.63) is 66.0 Å². The van der Waals surface area contributed by atoms with Crippen molar-refractivity contribution in [1.29, 1.82) is 0 Å². The van der Waals surface area contributed by atoms with E-state index in [0.29, 0.717) is 33.3 Å². The van der Waals surface area contributed by atoms with Gasteiger partial charge in [0.25, 0.3) is 5.91 Å². The van der Waals surface area contributed by atoms with E-state index in [9.17, 15) is 26.4 Å². The molecule has 3 heterocycles. The van der Waals surface area contributed by atoms with Crippen molar-refractivity contribution < 1.29 is 26.4 Å². The van der Waals surface area contributed by atoms with E-state index in [-0.39, 0.29) is 38.2 Å². The minimum atomic E-state index is -4.24. The third-order valence-electron chi connectivity index (χ3n) is 6.85. The van der Waals surface area contributed by atoms with Crippen LogP contribution in [0.2, 0.25) is 0 Å². The summed E-state index contributed by atoms with van der Waals surface area (Å²) >= 11 is 1.11. The first-order valence-corrected chi connectivity index (χ1v) is 15.5. The second-order valence-electron chi connectivity index (χ2n) is 9.93. The maximum atomic E-state index is 13.3. The van der Waals surface area contributed by atoms with E-state index in [1.54, 1.807) is 36.2 Å². The monoisotopic (exact) mass is 619 g/mol. The van der Waals surface area contributed by atoms with Crippen LogP contribution < -0.4 is 15.4 Å². The lowest BCUT2D eigenvalue weighted by atomic mass is 10.1. The fourth-order valence-corrected chi connectivity index (χ4v) is 6.94. The van der Waals surface area contributed by atoms with E-state index in [1.165, 1.54) is 6.07 Å². The van der Waals surface area contributed by atoms with Crippen LogP contribution in [0.5, 0.6) is 0 Å². The molecule has 3 N–H and O–H groups in total. The smallest absolute Gasteiger partial charge is 0.329 e. The van der Waals surface area contributed by atoms with Crippen molar-refractivity contribution in [3.8, 4) is 0 Å². The fraction of sp³-hybridized carbons (Fsp3) is 0.333. The minimum absolute atomic E-state index is 0.141. The highest BCUT2D eigenvalue weighted by Crippen LogP contribution is 2.30. The van der Waals surface area contributed by atoms with Crippen molar-refractivity contribution in [3.63, 3.8) is 0 Å². The number of alkyl halides is 3. The molecule has 0 unspecified atom stereocenters. The zero-order valence-electron chi connectivity index (χ0n) is 22.5. The summed E-state index contributed by atoms with van der Waals surface area (Å²) < 4.78 is 70.5. The number of likely N-dealkylation sites (tertiary alicyclic amines) is 1. The van der Waals surface area contributed by atoms with Gasteiger partial charge in [-0.05, 0) is 74.7 Å². The SMILES string of the molecule is Cc1nsc(Nc2cnc3ccccc3n2)c1C(=O)Nc1cccc(NS(=O)(=O)C2CCN(CCC(F)(F)F)CC2)c1. The molecule has 1 saturated heterocycles. The Morgan fingerprint density at radius 1 is 1.07 bits per heavy atom. The molecule has 0 bridgehead atoms. The number of hydrogen-bond donors (Lipinski definition) is 3. The number of sulfonamides is 1. The number of halogens is 3. The highest BCUT2D eigenvalue weighted by molar-refractivity contribution is 7.93. The molecule has 1 amide bonds. The number of carbonyl (C=O) groups is 1. The third kappa shape index (κ3) is 7.33. The van der Waals surface area contributed by atoms with Gasteiger partial charge in [-0.15, -0.1) is 0 Å². The van der Waals surface area contributed by atoms with Gasteiger partial charge < -0.3 is 15.5 Å². The van der Waals surface area contributed by atoms with Crippen LogP contribution in [-0.2, 0) is 10.0 Å². The number of nitrogens with one attached hydrogen (secondary N) is 3. The van der Waals surface area contributed by atoms with Crippen LogP contribution in [0, 0.1) is 6.92 Å². The largest absolute Gasteiger partial charge is 0.390 e. The second kappa shape index (κ2) is 12.2. The first-order chi connectivity index (χ1) is 20.0. The van der Waals surface area contributed by atoms with Gasteiger partial charge in [0.05, 0.1) is 45.8 Å². The van der Waals surface area contributed by atoms with Crippen LogP contribution in [0.3, 0.4) is 0 Å². The molecule has 1 aliphatic heterocycles. The lowest BCUT2D eigenvalue weighted by Gasteiger charge is -2.31. The molecule has 4 aromatic rings. The number of anilines is 4. The lowest BCUT2D eigenvalue weighted by molar-refractivity contribution is -0.138. The van der Waals surface area contributed by atoms with Gasteiger partial charge in [-0.1, -0.05) is 18.2 Å². The van der Waals surface area contributed by atoms with Gasteiger partial charge in [0.1, 0.15) is 10.8 Å². The van der Waals surface area contributed by atoms with Gasteiger partial charge in [-0.3, -0.25) is 14.5 Å². The molecule has 222 valence electrons. The number of benzene rings is 2. The van der Waals surface area contributed by atoms with Gasteiger partial charge in [-0.25, -0.2) is 13.4 Å². The maximum Gasteiger partial charge on any atom is 0.390 e. The molecule has 42 heavy (non-hydrogen) atoms. The number of hydrogen-bond acceptors (Lipinski definition) is 9. The number of nitrogens with zero attached hydrogens (tertiary/aromatic N) is 4. The predicted octanol–water partition coefficient (Wildman–Crippen LogP) is 5.55. The third-order valence-corrected chi connectivity index (χ3v) is 9.57. The first-order valence-electron chi connectivity index (χ1n) is 13.1.